The average molecular weight is 713 g/mol. The summed E-state index contributed by atoms with van der Waals surface area (Å²) in [6, 6.07) is 0. The van der Waals surface area contributed by atoms with Crippen LogP contribution < -0.4 is 0 Å². The lowest BCUT2D eigenvalue weighted by molar-refractivity contribution is -0.166. The van der Waals surface area contributed by atoms with Gasteiger partial charge in [-0.1, -0.05) is 178 Å². The predicted molar refractivity (Wildman–Crippen MR) is 215 cm³/mol. The number of rotatable bonds is 36. The summed E-state index contributed by atoms with van der Waals surface area (Å²) >= 11 is 0. The molecule has 0 aliphatic carbocycles. The Morgan fingerprint density at radius 2 is 0.902 bits per heavy atom. The molecule has 0 amide bonds. The van der Waals surface area contributed by atoms with Gasteiger partial charge in [0.05, 0.1) is 6.42 Å². The SMILES string of the molecule is CC/C=C\C/C=C\C/C=C\CC(=O)OCC(COC(=O)CCCCCCCCCCCCCCC)OC(=O)CCCCC/C=C\C=C/CCCC. The smallest absolute Gasteiger partial charge is 0.309 e. The molecular weight excluding hydrogens is 636 g/mol. The number of esters is 3. The van der Waals surface area contributed by atoms with Gasteiger partial charge in [0.15, 0.2) is 6.10 Å². The predicted octanol–water partition coefficient (Wildman–Crippen LogP) is 13.0. The molecule has 0 rings (SSSR count). The quantitative estimate of drug-likeness (QED) is 0.0211. The minimum Gasteiger partial charge on any atom is -0.462 e. The molecule has 1 atom stereocenters. The third-order valence-electron chi connectivity index (χ3n) is 8.57. The lowest BCUT2D eigenvalue weighted by Gasteiger charge is -2.18. The Bertz CT molecular complexity index is 960. The minimum absolute atomic E-state index is 0.111. The van der Waals surface area contributed by atoms with Gasteiger partial charge in [-0.25, -0.2) is 0 Å². The molecule has 0 aromatic carbocycles. The van der Waals surface area contributed by atoms with E-state index in [4.69, 9.17) is 14.2 Å². The zero-order valence-electron chi connectivity index (χ0n) is 33.1. The highest BCUT2D eigenvalue weighted by molar-refractivity contribution is 5.72. The Balaban J connectivity index is 4.47. The maximum Gasteiger partial charge on any atom is 0.309 e. The van der Waals surface area contributed by atoms with E-state index in [1.807, 2.05) is 6.08 Å². The van der Waals surface area contributed by atoms with Crippen molar-refractivity contribution >= 4 is 17.9 Å². The number of ether oxygens (including phenoxy) is 3. The molecule has 0 saturated heterocycles. The number of hydrogen-bond acceptors (Lipinski definition) is 6. The number of unbranched alkanes of at least 4 members (excludes halogenated alkanes) is 17. The summed E-state index contributed by atoms with van der Waals surface area (Å²) in [6.07, 6.45) is 46.7. The molecule has 0 radical (unpaired) electrons. The van der Waals surface area contributed by atoms with Crippen LogP contribution in [0.5, 0.6) is 0 Å². The van der Waals surface area contributed by atoms with E-state index < -0.39 is 12.1 Å². The van der Waals surface area contributed by atoms with Crippen molar-refractivity contribution in [2.24, 2.45) is 0 Å². The third-order valence-corrected chi connectivity index (χ3v) is 8.57. The van der Waals surface area contributed by atoms with Crippen molar-refractivity contribution in [3.05, 3.63) is 60.8 Å². The number of carbonyl (C=O) groups is 3. The van der Waals surface area contributed by atoms with Crippen LogP contribution in [0.15, 0.2) is 60.8 Å². The van der Waals surface area contributed by atoms with Gasteiger partial charge < -0.3 is 14.2 Å². The van der Waals surface area contributed by atoms with Crippen molar-refractivity contribution in [2.45, 2.75) is 194 Å². The molecule has 0 aromatic rings. The monoisotopic (exact) mass is 713 g/mol. The van der Waals surface area contributed by atoms with Crippen LogP contribution in [0.3, 0.4) is 0 Å². The second kappa shape index (κ2) is 39.9. The molecule has 1 unspecified atom stereocenters. The molecule has 0 aromatic heterocycles. The van der Waals surface area contributed by atoms with Crippen LogP contribution in [0.1, 0.15) is 188 Å². The number of carbonyl (C=O) groups excluding carboxylic acids is 3. The molecule has 0 bridgehead atoms. The number of allylic oxidation sites excluding steroid dienone is 9. The maximum absolute atomic E-state index is 12.6. The maximum atomic E-state index is 12.6. The van der Waals surface area contributed by atoms with Crippen LogP contribution >= 0.6 is 0 Å². The third kappa shape index (κ3) is 38.2. The molecule has 292 valence electrons. The normalized spacial score (nSPS) is 12.6. The van der Waals surface area contributed by atoms with E-state index in [2.05, 4.69) is 69.4 Å². The molecule has 0 N–H and O–H groups in total. The molecule has 6 nitrogen and oxygen atoms in total. The summed E-state index contributed by atoms with van der Waals surface area (Å²) < 4.78 is 16.5. The summed E-state index contributed by atoms with van der Waals surface area (Å²) in [4.78, 5) is 37.4. The van der Waals surface area contributed by atoms with Crippen molar-refractivity contribution in [3.63, 3.8) is 0 Å². The summed E-state index contributed by atoms with van der Waals surface area (Å²) in [6.45, 7) is 6.32. The fourth-order valence-corrected chi connectivity index (χ4v) is 5.42. The fraction of sp³-hybridized carbons (Fsp3) is 0.711. The molecule has 0 spiro atoms. The standard InChI is InChI=1S/C45H76O6/c1-4-7-10-13-16-19-21-22-24-26-29-32-35-38-44(47)50-41-42(40-49-43(46)37-34-31-28-25-18-15-12-9-6-3)51-45(48)39-36-33-30-27-23-20-17-14-11-8-5-2/h9,12,14,17-18,20,23,25,31,34,42H,4-8,10-11,13,15-16,19,21-22,24,26-30,32-33,35-41H2,1-3H3/b12-9-,17-14-,23-20-,25-18-,34-31-. The van der Waals surface area contributed by atoms with Gasteiger partial charge in [-0.2, -0.15) is 0 Å². The summed E-state index contributed by atoms with van der Waals surface area (Å²) in [5.41, 5.74) is 0. The molecule has 0 aliphatic heterocycles. The molecule has 0 saturated carbocycles. The molecule has 0 heterocycles. The topological polar surface area (TPSA) is 78.9 Å². The lowest BCUT2D eigenvalue weighted by atomic mass is 10.0. The lowest BCUT2D eigenvalue weighted by Crippen LogP contribution is -2.30. The number of hydrogen-bond donors (Lipinski definition) is 0. The summed E-state index contributed by atoms with van der Waals surface area (Å²) in [7, 11) is 0. The van der Waals surface area contributed by atoms with Gasteiger partial charge >= 0.3 is 17.9 Å². The molecule has 0 aliphatic rings. The van der Waals surface area contributed by atoms with Gasteiger partial charge in [0.2, 0.25) is 0 Å². The van der Waals surface area contributed by atoms with Gasteiger partial charge in [-0.15, -0.1) is 0 Å². The Morgan fingerprint density at radius 1 is 0.451 bits per heavy atom. The highest BCUT2D eigenvalue weighted by Gasteiger charge is 2.19. The first-order valence-electron chi connectivity index (χ1n) is 20.8. The van der Waals surface area contributed by atoms with Crippen molar-refractivity contribution in [1.29, 1.82) is 0 Å². The van der Waals surface area contributed by atoms with Crippen LogP contribution in [-0.4, -0.2) is 37.2 Å². The highest BCUT2D eigenvalue weighted by Crippen LogP contribution is 2.14. The molecule has 51 heavy (non-hydrogen) atoms. The molecule has 0 fully saturated rings. The van der Waals surface area contributed by atoms with E-state index in [0.717, 1.165) is 70.6 Å². The van der Waals surface area contributed by atoms with Gasteiger partial charge in [0, 0.05) is 12.8 Å². The first-order valence-corrected chi connectivity index (χ1v) is 20.8. The Hall–Kier alpha value is -2.89. The van der Waals surface area contributed by atoms with E-state index >= 15 is 0 Å². The Morgan fingerprint density at radius 3 is 1.47 bits per heavy atom. The van der Waals surface area contributed by atoms with Crippen molar-refractivity contribution < 1.29 is 28.6 Å². The van der Waals surface area contributed by atoms with Crippen molar-refractivity contribution in [2.75, 3.05) is 13.2 Å². The van der Waals surface area contributed by atoms with Crippen LogP contribution in [0.25, 0.3) is 0 Å². The largest absolute Gasteiger partial charge is 0.462 e. The van der Waals surface area contributed by atoms with Crippen LogP contribution in [-0.2, 0) is 28.6 Å². The summed E-state index contributed by atoms with van der Waals surface area (Å²) in [5.74, 6) is -1.08. The van der Waals surface area contributed by atoms with Crippen molar-refractivity contribution in [1.82, 2.24) is 0 Å². The summed E-state index contributed by atoms with van der Waals surface area (Å²) in [5, 5.41) is 0. The molecule has 6 heteroatoms. The fourth-order valence-electron chi connectivity index (χ4n) is 5.42. The van der Waals surface area contributed by atoms with E-state index in [9.17, 15) is 14.4 Å². The van der Waals surface area contributed by atoms with Gasteiger partial charge in [0.1, 0.15) is 13.2 Å². The first-order chi connectivity index (χ1) is 25.0. The van der Waals surface area contributed by atoms with E-state index in [1.54, 1.807) is 6.08 Å². The second-order valence-corrected chi connectivity index (χ2v) is 13.6. The Labute approximate surface area is 313 Å². The van der Waals surface area contributed by atoms with Crippen LogP contribution in [0, 0.1) is 0 Å². The average Bonchev–Trinajstić information content (AvgIpc) is 3.12. The van der Waals surface area contributed by atoms with Gasteiger partial charge in [0.25, 0.3) is 0 Å². The second-order valence-electron chi connectivity index (χ2n) is 13.6. The zero-order valence-corrected chi connectivity index (χ0v) is 33.1. The zero-order chi connectivity index (χ0) is 37.3. The van der Waals surface area contributed by atoms with Crippen molar-refractivity contribution in [3.8, 4) is 0 Å². The van der Waals surface area contributed by atoms with Gasteiger partial charge in [-0.05, 0) is 51.4 Å². The van der Waals surface area contributed by atoms with E-state index in [0.29, 0.717) is 6.42 Å². The van der Waals surface area contributed by atoms with E-state index in [1.165, 1.54) is 77.0 Å². The highest BCUT2D eigenvalue weighted by atomic mass is 16.6. The minimum atomic E-state index is -0.817. The van der Waals surface area contributed by atoms with Crippen LogP contribution in [0.4, 0.5) is 0 Å². The van der Waals surface area contributed by atoms with Gasteiger partial charge in [-0.3, -0.25) is 14.4 Å². The van der Waals surface area contributed by atoms with E-state index in [-0.39, 0.29) is 38.0 Å². The molecular formula is C45H76O6. The Kier molecular flexibility index (Phi) is 37.6. The van der Waals surface area contributed by atoms with Crippen LogP contribution in [0.2, 0.25) is 0 Å². The first kappa shape index (κ1) is 48.1.